The topological polar surface area (TPSA) is 72.2 Å². The molecular formula is C12H12F2N2O3S. The highest BCUT2D eigenvalue weighted by Gasteiger charge is 2.15. The number of rotatable bonds is 6. The molecule has 0 unspecified atom stereocenters. The molecular weight excluding hydrogens is 290 g/mol. The fourth-order valence-electron chi connectivity index (χ4n) is 1.58. The van der Waals surface area contributed by atoms with Crippen molar-refractivity contribution in [3.05, 3.63) is 47.9 Å². The average Bonchev–Trinajstić information content (AvgIpc) is 2.91. The molecule has 0 aliphatic rings. The predicted octanol–water partition coefficient (Wildman–Crippen LogP) is 1.86. The summed E-state index contributed by atoms with van der Waals surface area (Å²) < 4.78 is 56.4. The van der Waals surface area contributed by atoms with Crippen molar-refractivity contribution >= 4 is 10.0 Å². The van der Waals surface area contributed by atoms with E-state index in [0.29, 0.717) is 18.9 Å². The van der Waals surface area contributed by atoms with Crippen LogP contribution in [0, 0.1) is 11.6 Å². The number of aryl methyl sites for hydroxylation is 1. The Bertz CT molecular complexity index is 672. The first-order valence-electron chi connectivity index (χ1n) is 5.82. The van der Waals surface area contributed by atoms with Gasteiger partial charge >= 0.3 is 0 Å². The summed E-state index contributed by atoms with van der Waals surface area (Å²) in [4.78, 5) is -0.304. The molecule has 8 heteroatoms. The van der Waals surface area contributed by atoms with E-state index in [1.54, 1.807) is 6.20 Å². The monoisotopic (exact) mass is 302 g/mol. The van der Waals surface area contributed by atoms with Crippen LogP contribution in [0.25, 0.3) is 0 Å². The van der Waals surface area contributed by atoms with Crippen molar-refractivity contribution < 1.29 is 21.7 Å². The van der Waals surface area contributed by atoms with Crippen LogP contribution < -0.4 is 4.72 Å². The van der Waals surface area contributed by atoms with Gasteiger partial charge in [-0.2, -0.15) is 0 Å². The Morgan fingerprint density at radius 1 is 1.25 bits per heavy atom. The molecule has 0 saturated heterocycles. The number of nitrogens with one attached hydrogen (secondary N) is 1. The van der Waals surface area contributed by atoms with Crippen LogP contribution in [0.5, 0.6) is 0 Å². The zero-order chi connectivity index (χ0) is 14.6. The fraction of sp³-hybridized carbons (Fsp3) is 0.250. The van der Waals surface area contributed by atoms with Crippen molar-refractivity contribution in [3.8, 4) is 0 Å². The molecule has 0 amide bonds. The summed E-state index contributed by atoms with van der Waals surface area (Å²) in [5.74, 6) is -2.28. The van der Waals surface area contributed by atoms with Gasteiger partial charge in [-0.05, 0) is 31.0 Å². The number of aromatic nitrogens is 1. The zero-order valence-corrected chi connectivity index (χ0v) is 11.2. The SMILES string of the molecule is O=S(=O)(NCCCc1cnoc1)c1ccc(F)c(F)c1. The van der Waals surface area contributed by atoms with Gasteiger partial charge in [0, 0.05) is 12.1 Å². The maximum atomic E-state index is 13.0. The van der Waals surface area contributed by atoms with Crippen LogP contribution in [0.2, 0.25) is 0 Å². The summed E-state index contributed by atoms with van der Waals surface area (Å²) in [6.07, 6.45) is 4.15. The number of nitrogens with zero attached hydrogens (tertiary/aromatic N) is 1. The Morgan fingerprint density at radius 3 is 2.70 bits per heavy atom. The van der Waals surface area contributed by atoms with E-state index in [2.05, 4.69) is 14.4 Å². The first-order valence-corrected chi connectivity index (χ1v) is 7.30. The third-order valence-electron chi connectivity index (χ3n) is 2.62. The molecule has 0 aliphatic heterocycles. The fourth-order valence-corrected chi connectivity index (χ4v) is 2.66. The number of hydrogen-bond acceptors (Lipinski definition) is 4. The lowest BCUT2D eigenvalue weighted by molar-refractivity contribution is 0.418. The summed E-state index contributed by atoms with van der Waals surface area (Å²) in [6.45, 7) is 0.173. The van der Waals surface area contributed by atoms with Crippen molar-refractivity contribution in [2.75, 3.05) is 6.54 Å². The molecule has 20 heavy (non-hydrogen) atoms. The van der Waals surface area contributed by atoms with Crippen LogP contribution in [-0.4, -0.2) is 20.1 Å². The third kappa shape index (κ3) is 3.61. The van der Waals surface area contributed by atoms with Crippen molar-refractivity contribution in [2.45, 2.75) is 17.7 Å². The van der Waals surface area contributed by atoms with Gasteiger partial charge in [-0.25, -0.2) is 21.9 Å². The molecule has 0 radical (unpaired) electrons. The quantitative estimate of drug-likeness (QED) is 0.827. The van der Waals surface area contributed by atoms with Gasteiger partial charge in [0.15, 0.2) is 11.6 Å². The molecule has 1 heterocycles. The maximum Gasteiger partial charge on any atom is 0.240 e. The Kier molecular flexibility index (Phi) is 4.46. The molecule has 0 fully saturated rings. The van der Waals surface area contributed by atoms with Gasteiger partial charge in [0.2, 0.25) is 10.0 Å². The smallest absolute Gasteiger partial charge is 0.240 e. The van der Waals surface area contributed by atoms with Crippen LogP contribution in [0.4, 0.5) is 8.78 Å². The number of halogens is 2. The summed E-state index contributed by atoms with van der Waals surface area (Å²) >= 11 is 0. The Hall–Kier alpha value is -1.80. The van der Waals surface area contributed by atoms with Gasteiger partial charge in [-0.3, -0.25) is 0 Å². The summed E-state index contributed by atoms with van der Waals surface area (Å²) in [6, 6.07) is 2.44. The van der Waals surface area contributed by atoms with Crippen molar-refractivity contribution in [1.29, 1.82) is 0 Å². The van der Waals surface area contributed by atoms with Crippen LogP contribution in [0.1, 0.15) is 12.0 Å². The predicted molar refractivity (Wildman–Crippen MR) is 66.4 cm³/mol. The minimum atomic E-state index is -3.84. The van der Waals surface area contributed by atoms with Crippen molar-refractivity contribution in [2.24, 2.45) is 0 Å². The van der Waals surface area contributed by atoms with Gasteiger partial charge < -0.3 is 4.52 Å². The largest absolute Gasteiger partial charge is 0.364 e. The van der Waals surface area contributed by atoms with E-state index in [1.807, 2.05) is 0 Å². The van der Waals surface area contributed by atoms with Crippen LogP contribution in [0.15, 0.2) is 40.1 Å². The first-order chi connectivity index (χ1) is 9.49. The summed E-state index contributed by atoms with van der Waals surface area (Å²) in [5, 5.41) is 3.52. The van der Waals surface area contributed by atoms with Crippen molar-refractivity contribution in [3.63, 3.8) is 0 Å². The molecule has 2 rings (SSSR count). The van der Waals surface area contributed by atoms with Gasteiger partial charge in [0.1, 0.15) is 6.26 Å². The zero-order valence-electron chi connectivity index (χ0n) is 10.3. The molecule has 0 spiro atoms. The van der Waals surface area contributed by atoms with E-state index in [9.17, 15) is 17.2 Å². The minimum Gasteiger partial charge on any atom is -0.364 e. The highest BCUT2D eigenvalue weighted by molar-refractivity contribution is 7.89. The summed E-state index contributed by atoms with van der Waals surface area (Å²) in [7, 11) is -3.84. The second-order valence-corrected chi connectivity index (χ2v) is 5.88. The van der Waals surface area contributed by atoms with Gasteiger partial charge in [-0.1, -0.05) is 5.16 Å². The first kappa shape index (κ1) is 14.6. The standard InChI is InChI=1S/C12H12F2N2O3S/c13-11-4-3-10(6-12(11)14)20(17,18)16-5-1-2-9-7-15-19-8-9/h3-4,6-8,16H,1-2,5H2. The Labute approximate surface area is 114 Å². The van der Waals surface area contributed by atoms with Crippen LogP contribution in [-0.2, 0) is 16.4 Å². The van der Waals surface area contributed by atoms with E-state index in [1.165, 1.54) is 6.26 Å². The normalized spacial score (nSPS) is 11.7. The lowest BCUT2D eigenvalue weighted by Crippen LogP contribution is -2.25. The molecule has 0 aliphatic carbocycles. The van der Waals surface area contributed by atoms with Gasteiger partial charge in [0.05, 0.1) is 11.1 Å². The van der Waals surface area contributed by atoms with Gasteiger partial charge in [0.25, 0.3) is 0 Å². The second kappa shape index (κ2) is 6.10. The number of sulfonamides is 1. The van der Waals surface area contributed by atoms with E-state index >= 15 is 0 Å². The molecule has 1 aromatic heterocycles. The molecule has 5 nitrogen and oxygen atoms in total. The lowest BCUT2D eigenvalue weighted by atomic mass is 10.2. The molecule has 2 aromatic rings. The molecule has 0 bridgehead atoms. The minimum absolute atomic E-state index is 0.173. The molecule has 108 valence electrons. The lowest BCUT2D eigenvalue weighted by Gasteiger charge is -2.06. The second-order valence-electron chi connectivity index (χ2n) is 4.11. The van der Waals surface area contributed by atoms with E-state index in [4.69, 9.17) is 0 Å². The van der Waals surface area contributed by atoms with Crippen LogP contribution >= 0.6 is 0 Å². The van der Waals surface area contributed by atoms with Gasteiger partial charge in [-0.15, -0.1) is 0 Å². The Balaban J connectivity index is 1.92. The number of hydrogen-bond donors (Lipinski definition) is 1. The molecule has 0 atom stereocenters. The average molecular weight is 302 g/mol. The third-order valence-corrected chi connectivity index (χ3v) is 4.08. The maximum absolute atomic E-state index is 13.0. The van der Waals surface area contributed by atoms with E-state index < -0.39 is 21.7 Å². The van der Waals surface area contributed by atoms with Crippen molar-refractivity contribution in [1.82, 2.24) is 9.88 Å². The number of benzene rings is 1. The van der Waals surface area contributed by atoms with E-state index in [0.717, 1.165) is 17.7 Å². The highest BCUT2D eigenvalue weighted by Crippen LogP contribution is 2.13. The van der Waals surface area contributed by atoms with Crippen LogP contribution in [0.3, 0.4) is 0 Å². The Morgan fingerprint density at radius 2 is 2.05 bits per heavy atom. The highest BCUT2D eigenvalue weighted by atomic mass is 32.2. The molecule has 1 N–H and O–H groups in total. The molecule has 1 aromatic carbocycles. The van der Waals surface area contributed by atoms with E-state index in [-0.39, 0.29) is 11.4 Å². The molecule has 0 saturated carbocycles. The summed E-state index contributed by atoms with van der Waals surface area (Å²) in [5.41, 5.74) is 0.858.